The van der Waals surface area contributed by atoms with Crippen molar-refractivity contribution >= 4 is 33.6 Å². The van der Waals surface area contributed by atoms with E-state index in [0.29, 0.717) is 23.4 Å². The summed E-state index contributed by atoms with van der Waals surface area (Å²) in [4.78, 5) is 28.0. The van der Waals surface area contributed by atoms with Crippen LogP contribution in [0.5, 0.6) is 5.75 Å². The molecule has 0 fully saturated rings. The van der Waals surface area contributed by atoms with Crippen molar-refractivity contribution in [3.05, 3.63) is 81.1 Å². The van der Waals surface area contributed by atoms with Gasteiger partial charge in [-0.05, 0) is 71.7 Å². The summed E-state index contributed by atoms with van der Waals surface area (Å²) < 4.78 is 8.05. The summed E-state index contributed by atoms with van der Waals surface area (Å²) in [6.07, 6.45) is 0. The molecule has 0 atom stereocenters. The van der Waals surface area contributed by atoms with Crippen LogP contribution >= 0.6 is 15.9 Å². The number of oxime groups is 1. The summed E-state index contributed by atoms with van der Waals surface area (Å²) in [5, 5.41) is 8.18. The predicted molar refractivity (Wildman–Crippen MR) is 122 cm³/mol. The van der Waals surface area contributed by atoms with Crippen LogP contribution in [-0.4, -0.2) is 34.1 Å². The second kappa shape index (κ2) is 10.1. The molecule has 0 aliphatic rings. The first-order chi connectivity index (χ1) is 15.2. The number of nitrogens with two attached hydrogens (primary N) is 2. The van der Waals surface area contributed by atoms with Gasteiger partial charge in [0.05, 0.1) is 28.0 Å². The fourth-order valence-corrected chi connectivity index (χ4v) is 3.10. The maximum Gasteiger partial charge on any atom is 0.365 e. The number of aromatic nitrogens is 2. The molecule has 0 unspecified atom stereocenters. The quantitative estimate of drug-likeness (QED) is 0.211. The number of hydrogen-bond acceptors (Lipinski definition) is 6. The molecule has 0 bridgehead atoms. The molecular weight excluding hydrogens is 478 g/mol. The Morgan fingerprint density at radius 1 is 1.03 bits per heavy atom. The third kappa shape index (κ3) is 5.73. The van der Waals surface area contributed by atoms with Crippen LogP contribution in [0, 0.1) is 13.8 Å². The van der Waals surface area contributed by atoms with E-state index in [1.54, 1.807) is 36.4 Å². The van der Waals surface area contributed by atoms with Crippen LogP contribution in [0.3, 0.4) is 0 Å². The lowest BCUT2D eigenvalue weighted by molar-refractivity contribution is -0.119. The Labute approximate surface area is 193 Å². The van der Waals surface area contributed by atoms with Gasteiger partial charge in [0.1, 0.15) is 5.75 Å². The lowest BCUT2D eigenvalue weighted by atomic mass is 10.1. The summed E-state index contributed by atoms with van der Waals surface area (Å²) >= 11 is 3.52. The van der Waals surface area contributed by atoms with Gasteiger partial charge in [-0.1, -0.05) is 17.3 Å². The third-order valence-electron chi connectivity index (χ3n) is 4.57. The highest BCUT2D eigenvalue weighted by Crippen LogP contribution is 2.21. The van der Waals surface area contributed by atoms with E-state index in [0.717, 1.165) is 21.4 Å². The van der Waals surface area contributed by atoms with Gasteiger partial charge < -0.3 is 21.0 Å². The molecule has 0 saturated heterocycles. The molecule has 0 radical (unpaired) electrons. The molecule has 0 saturated carbocycles. The largest absolute Gasteiger partial charge is 0.484 e. The van der Waals surface area contributed by atoms with E-state index in [4.69, 9.17) is 21.0 Å². The molecule has 1 aromatic heterocycles. The molecule has 10 heteroatoms. The number of nitrogens with zero attached hydrogens (tertiary/aromatic N) is 3. The van der Waals surface area contributed by atoms with E-state index in [9.17, 15) is 9.59 Å². The highest BCUT2D eigenvalue weighted by molar-refractivity contribution is 9.10. The highest BCUT2D eigenvalue weighted by atomic mass is 79.9. The van der Waals surface area contributed by atoms with Gasteiger partial charge in [0, 0.05) is 5.56 Å². The number of carbonyl (C=O) groups excluding carboxylic acids is 2. The van der Waals surface area contributed by atoms with Crippen molar-refractivity contribution in [1.29, 1.82) is 0 Å². The minimum Gasteiger partial charge on any atom is -0.484 e. The summed E-state index contributed by atoms with van der Waals surface area (Å²) in [5.74, 6) is -0.735. The summed E-state index contributed by atoms with van der Waals surface area (Å²) in [6.45, 7) is 4.28. The molecule has 1 amide bonds. The number of halogens is 1. The number of amides is 1. The number of aryl methyl sites for hydroxylation is 1. The van der Waals surface area contributed by atoms with Crippen molar-refractivity contribution in [1.82, 2.24) is 9.78 Å². The first-order valence-corrected chi connectivity index (χ1v) is 10.4. The van der Waals surface area contributed by atoms with E-state index >= 15 is 0 Å². The number of ether oxygens (including phenoxy) is 1. The molecule has 166 valence electrons. The Morgan fingerprint density at radius 3 is 2.22 bits per heavy atom. The molecule has 0 spiro atoms. The normalized spacial score (nSPS) is 11.3. The Bertz CT molecular complexity index is 1150. The second-order valence-corrected chi connectivity index (χ2v) is 7.77. The smallest absolute Gasteiger partial charge is 0.365 e. The molecule has 0 aliphatic heterocycles. The second-order valence-electron chi connectivity index (χ2n) is 6.97. The Hall–Kier alpha value is -3.66. The Kier molecular flexibility index (Phi) is 7.26. The lowest BCUT2D eigenvalue weighted by Crippen LogP contribution is -2.20. The van der Waals surface area contributed by atoms with Crippen molar-refractivity contribution in [3.63, 3.8) is 0 Å². The summed E-state index contributed by atoms with van der Waals surface area (Å²) in [6, 6.07) is 13.4. The minimum atomic E-state index is -0.630. The van der Waals surface area contributed by atoms with Crippen LogP contribution in [0.15, 0.2) is 58.2 Å². The first kappa shape index (κ1) is 23.0. The molecule has 4 N–H and O–H groups in total. The lowest BCUT2D eigenvalue weighted by Gasteiger charge is -2.06. The fourth-order valence-electron chi connectivity index (χ4n) is 2.82. The summed E-state index contributed by atoms with van der Waals surface area (Å²) in [7, 11) is 0. The molecule has 2 aromatic carbocycles. The molecule has 1 heterocycles. The van der Waals surface area contributed by atoms with Gasteiger partial charge in [-0.3, -0.25) is 9.48 Å². The zero-order chi connectivity index (χ0) is 23.3. The molecule has 3 aromatic rings. The maximum absolute atomic E-state index is 12.3. The molecule has 9 nitrogen and oxygen atoms in total. The van der Waals surface area contributed by atoms with Crippen molar-refractivity contribution in [2.75, 3.05) is 6.61 Å². The average Bonchev–Trinajstić information content (AvgIpc) is 3.03. The van der Waals surface area contributed by atoms with E-state index in [2.05, 4.69) is 26.2 Å². The third-order valence-corrected chi connectivity index (χ3v) is 5.72. The van der Waals surface area contributed by atoms with Crippen LogP contribution in [0.2, 0.25) is 0 Å². The van der Waals surface area contributed by atoms with Crippen molar-refractivity contribution in [2.24, 2.45) is 16.6 Å². The minimum absolute atomic E-state index is 0.0199. The maximum atomic E-state index is 12.3. The predicted octanol–water partition coefficient (Wildman–Crippen LogP) is 2.65. The zero-order valence-electron chi connectivity index (χ0n) is 17.5. The van der Waals surface area contributed by atoms with E-state index < -0.39 is 11.9 Å². The first-order valence-electron chi connectivity index (χ1n) is 9.59. The van der Waals surface area contributed by atoms with Crippen molar-refractivity contribution in [2.45, 2.75) is 20.4 Å². The van der Waals surface area contributed by atoms with Crippen LogP contribution in [0.4, 0.5) is 0 Å². The van der Waals surface area contributed by atoms with Crippen LogP contribution in [0.25, 0.3) is 0 Å². The van der Waals surface area contributed by atoms with Gasteiger partial charge in [0.15, 0.2) is 12.4 Å². The molecule has 0 aliphatic carbocycles. The fraction of sp³-hybridized carbons (Fsp3) is 0.182. The monoisotopic (exact) mass is 499 g/mol. The summed E-state index contributed by atoms with van der Waals surface area (Å²) in [5.41, 5.74) is 14.7. The Morgan fingerprint density at radius 2 is 1.66 bits per heavy atom. The van der Waals surface area contributed by atoms with Crippen LogP contribution in [0.1, 0.15) is 32.9 Å². The number of hydrogen-bond donors (Lipinski definition) is 2. The van der Waals surface area contributed by atoms with Crippen molar-refractivity contribution in [3.8, 4) is 5.75 Å². The van der Waals surface area contributed by atoms with E-state index in [1.165, 1.54) is 0 Å². The van der Waals surface area contributed by atoms with Crippen LogP contribution in [-0.2, 0) is 16.2 Å². The average molecular weight is 500 g/mol. The highest BCUT2D eigenvalue weighted by Gasteiger charge is 2.11. The van der Waals surface area contributed by atoms with Gasteiger partial charge in [-0.25, -0.2) is 4.79 Å². The van der Waals surface area contributed by atoms with Gasteiger partial charge >= 0.3 is 5.97 Å². The van der Waals surface area contributed by atoms with Gasteiger partial charge in [0.2, 0.25) is 0 Å². The number of amidine groups is 1. The zero-order valence-corrected chi connectivity index (χ0v) is 19.1. The number of rotatable bonds is 8. The standard InChI is InChI=1S/C22H22BrN5O4/c1-13-20(23)14(2)28(26-13)11-15-3-5-17(6-4-15)22(30)32-27-21(25)16-7-9-18(10-8-16)31-12-19(24)29/h3-10H,11-12H2,1-2H3,(H2,24,29)(H2,25,27). The molecule has 32 heavy (non-hydrogen) atoms. The van der Waals surface area contributed by atoms with Gasteiger partial charge in [-0.15, -0.1) is 0 Å². The van der Waals surface area contributed by atoms with Crippen LogP contribution < -0.4 is 16.2 Å². The number of benzene rings is 2. The van der Waals surface area contributed by atoms with Gasteiger partial charge in [-0.2, -0.15) is 5.10 Å². The van der Waals surface area contributed by atoms with Gasteiger partial charge in [0.25, 0.3) is 5.91 Å². The van der Waals surface area contributed by atoms with E-state index in [1.807, 2.05) is 30.7 Å². The SMILES string of the molecule is Cc1nn(Cc2ccc(C(=O)O/N=C(\N)c3ccc(OCC(N)=O)cc3)cc2)c(C)c1Br. The van der Waals surface area contributed by atoms with Crippen molar-refractivity contribution < 1.29 is 19.2 Å². The topological polar surface area (TPSA) is 135 Å². The number of primary amides is 1. The molecule has 3 rings (SSSR count). The number of carbonyl (C=O) groups is 2. The van der Waals surface area contributed by atoms with E-state index in [-0.39, 0.29) is 12.4 Å². The molecular formula is C22H22BrN5O4. The Balaban J connectivity index is 1.59.